The Labute approximate surface area is 218 Å². The van der Waals surface area contributed by atoms with Crippen molar-refractivity contribution in [1.29, 1.82) is 0 Å². The van der Waals surface area contributed by atoms with Gasteiger partial charge in [0.15, 0.2) is 11.5 Å². The summed E-state index contributed by atoms with van der Waals surface area (Å²) < 4.78 is 24.7. The van der Waals surface area contributed by atoms with Gasteiger partial charge in [-0.25, -0.2) is 4.39 Å². The first kappa shape index (κ1) is 26.0. The average molecular weight is 521 g/mol. The molecule has 37 heavy (non-hydrogen) atoms. The minimum atomic E-state index is -0.538. The van der Waals surface area contributed by atoms with E-state index in [2.05, 4.69) is 5.32 Å². The number of imide groups is 1. The van der Waals surface area contributed by atoms with Gasteiger partial charge < -0.3 is 14.8 Å². The Kier molecular flexibility index (Phi) is 8.25. The first-order chi connectivity index (χ1) is 17.8. The van der Waals surface area contributed by atoms with Crippen molar-refractivity contribution < 1.29 is 28.2 Å². The number of thioether (sulfide) groups is 1. The minimum absolute atomic E-state index is 0.204. The maximum atomic E-state index is 13.1. The van der Waals surface area contributed by atoms with Crippen LogP contribution in [0.25, 0.3) is 6.08 Å². The van der Waals surface area contributed by atoms with E-state index in [-0.39, 0.29) is 23.9 Å². The smallest absolute Gasteiger partial charge is 0.294 e. The molecule has 1 fully saturated rings. The highest BCUT2D eigenvalue weighted by Gasteiger charge is 2.36. The molecule has 0 aliphatic carbocycles. The molecule has 7 nitrogen and oxygen atoms in total. The second-order valence-corrected chi connectivity index (χ2v) is 9.23. The summed E-state index contributed by atoms with van der Waals surface area (Å²) in [5, 5.41) is 2.18. The van der Waals surface area contributed by atoms with Crippen molar-refractivity contribution in [2.45, 2.75) is 20.5 Å². The molecule has 3 aromatic carbocycles. The molecule has 0 unspecified atom stereocenters. The number of anilines is 1. The molecular formula is C28H25FN2O5S. The summed E-state index contributed by atoms with van der Waals surface area (Å²) in [6, 6.07) is 18.4. The van der Waals surface area contributed by atoms with Crippen LogP contribution in [0.3, 0.4) is 0 Å². The molecule has 4 rings (SSSR count). The molecule has 3 aromatic rings. The lowest BCUT2D eigenvalue weighted by Crippen LogP contribution is -2.36. The van der Waals surface area contributed by atoms with Crippen LogP contribution in [-0.2, 0) is 16.2 Å². The van der Waals surface area contributed by atoms with E-state index in [4.69, 9.17) is 9.47 Å². The number of nitrogens with one attached hydrogen (secondary N) is 1. The van der Waals surface area contributed by atoms with Crippen molar-refractivity contribution in [3.63, 3.8) is 0 Å². The van der Waals surface area contributed by atoms with Crippen molar-refractivity contribution in [1.82, 2.24) is 4.90 Å². The van der Waals surface area contributed by atoms with Crippen LogP contribution in [0.1, 0.15) is 23.6 Å². The summed E-state index contributed by atoms with van der Waals surface area (Å²) >= 11 is 0.775. The number of halogens is 1. The van der Waals surface area contributed by atoms with Crippen molar-refractivity contribution in [3.05, 3.63) is 94.1 Å². The van der Waals surface area contributed by atoms with Gasteiger partial charge in [-0.3, -0.25) is 19.3 Å². The van der Waals surface area contributed by atoms with E-state index in [9.17, 15) is 18.8 Å². The molecule has 190 valence electrons. The molecule has 9 heteroatoms. The predicted molar refractivity (Wildman–Crippen MR) is 141 cm³/mol. The lowest BCUT2D eigenvalue weighted by Gasteiger charge is -2.13. The molecule has 1 aliphatic rings. The summed E-state index contributed by atoms with van der Waals surface area (Å²) in [6.07, 6.45) is 1.58. The Bertz CT molecular complexity index is 1340. The van der Waals surface area contributed by atoms with Gasteiger partial charge in [0.25, 0.3) is 11.1 Å². The molecule has 1 aliphatic heterocycles. The third-order valence-corrected chi connectivity index (χ3v) is 6.29. The predicted octanol–water partition coefficient (Wildman–Crippen LogP) is 5.79. The lowest BCUT2D eigenvalue weighted by atomic mass is 10.1. The monoisotopic (exact) mass is 520 g/mol. The first-order valence-corrected chi connectivity index (χ1v) is 12.4. The number of rotatable bonds is 9. The first-order valence-electron chi connectivity index (χ1n) is 11.6. The van der Waals surface area contributed by atoms with Crippen LogP contribution in [0.4, 0.5) is 14.9 Å². The third kappa shape index (κ3) is 6.77. The molecule has 0 radical (unpaired) electrons. The van der Waals surface area contributed by atoms with Crippen LogP contribution < -0.4 is 14.8 Å². The van der Waals surface area contributed by atoms with Crippen LogP contribution in [0.2, 0.25) is 0 Å². The van der Waals surface area contributed by atoms with Gasteiger partial charge in [-0.1, -0.05) is 35.9 Å². The topological polar surface area (TPSA) is 84.9 Å². The number of benzene rings is 3. The van der Waals surface area contributed by atoms with Crippen LogP contribution in [-0.4, -0.2) is 35.1 Å². The normalized spacial score (nSPS) is 14.2. The molecule has 0 spiro atoms. The molecule has 3 amide bonds. The van der Waals surface area contributed by atoms with Gasteiger partial charge in [0.05, 0.1) is 11.5 Å². The quantitative estimate of drug-likeness (QED) is 0.360. The minimum Gasteiger partial charge on any atom is -0.490 e. The van der Waals surface area contributed by atoms with Crippen LogP contribution >= 0.6 is 11.8 Å². The van der Waals surface area contributed by atoms with Crippen molar-refractivity contribution in [2.75, 3.05) is 18.5 Å². The second kappa shape index (κ2) is 11.7. The van der Waals surface area contributed by atoms with Crippen molar-refractivity contribution in [3.8, 4) is 11.5 Å². The Morgan fingerprint density at radius 2 is 1.73 bits per heavy atom. The van der Waals surface area contributed by atoms with Crippen LogP contribution in [0, 0.1) is 12.7 Å². The zero-order valence-corrected chi connectivity index (χ0v) is 21.1. The molecule has 1 heterocycles. The number of hydrogen-bond acceptors (Lipinski definition) is 6. The number of carbonyl (C=O) groups excluding carboxylic acids is 3. The number of hydrogen-bond donors (Lipinski definition) is 1. The zero-order chi connectivity index (χ0) is 26.4. The Morgan fingerprint density at radius 1 is 1.00 bits per heavy atom. The van der Waals surface area contributed by atoms with E-state index >= 15 is 0 Å². The summed E-state index contributed by atoms with van der Waals surface area (Å²) in [5.74, 6) is -0.365. The van der Waals surface area contributed by atoms with Gasteiger partial charge in [0, 0.05) is 5.69 Å². The number of ether oxygens (including phenoxy) is 2. The summed E-state index contributed by atoms with van der Waals surface area (Å²) in [7, 11) is 0. The van der Waals surface area contributed by atoms with Gasteiger partial charge in [-0.2, -0.15) is 0 Å². The highest BCUT2D eigenvalue weighted by Crippen LogP contribution is 2.35. The highest BCUT2D eigenvalue weighted by atomic mass is 32.2. The third-order valence-electron chi connectivity index (χ3n) is 5.38. The Balaban J connectivity index is 1.44. The second-order valence-electron chi connectivity index (χ2n) is 8.24. The van der Waals surface area contributed by atoms with Gasteiger partial charge in [0.1, 0.15) is 19.0 Å². The zero-order valence-electron chi connectivity index (χ0n) is 20.3. The van der Waals surface area contributed by atoms with Crippen molar-refractivity contribution >= 4 is 40.6 Å². The maximum absolute atomic E-state index is 13.1. The van der Waals surface area contributed by atoms with Gasteiger partial charge in [-0.15, -0.1) is 0 Å². The van der Waals surface area contributed by atoms with E-state index < -0.39 is 17.1 Å². The number of amides is 3. The number of nitrogens with zero attached hydrogens (tertiary/aromatic N) is 1. The molecule has 0 atom stereocenters. The Morgan fingerprint density at radius 3 is 2.43 bits per heavy atom. The lowest BCUT2D eigenvalue weighted by molar-refractivity contribution is -0.127. The molecule has 1 N–H and O–H groups in total. The van der Waals surface area contributed by atoms with Crippen LogP contribution in [0.15, 0.2) is 71.6 Å². The van der Waals surface area contributed by atoms with E-state index in [0.29, 0.717) is 29.4 Å². The fraction of sp³-hybridized carbons (Fsp3) is 0.179. The molecule has 0 aromatic heterocycles. The molecule has 0 bridgehead atoms. The molecule has 1 saturated heterocycles. The van der Waals surface area contributed by atoms with E-state index in [1.54, 1.807) is 48.5 Å². The Hall–Kier alpha value is -4.11. The average Bonchev–Trinajstić information content (AvgIpc) is 3.13. The summed E-state index contributed by atoms with van der Waals surface area (Å²) in [6.45, 7) is 4.01. The number of carbonyl (C=O) groups is 3. The molecule has 0 saturated carbocycles. The SMILES string of the molecule is CCOc1cc(/C=C2/SC(=O)N(CC(=O)Nc3ccc(C)cc3)C2=O)ccc1OCc1ccc(F)cc1. The summed E-state index contributed by atoms with van der Waals surface area (Å²) in [4.78, 5) is 38.9. The fourth-order valence-corrected chi connectivity index (χ4v) is 4.35. The maximum Gasteiger partial charge on any atom is 0.294 e. The number of aryl methyl sites for hydroxylation is 1. The standard InChI is InChI=1S/C28H25FN2O5S/c1-3-35-24-14-20(8-13-23(24)36-17-19-6-9-21(29)10-7-19)15-25-27(33)31(28(34)37-25)16-26(32)30-22-11-4-18(2)5-12-22/h4-15H,3,16-17H2,1-2H3,(H,30,32)/b25-15+. The van der Waals surface area contributed by atoms with E-state index in [1.807, 2.05) is 26.0 Å². The van der Waals surface area contributed by atoms with Crippen LogP contribution in [0.5, 0.6) is 11.5 Å². The largest absolute Gasteiger partial charge is 0.490 e. The molecular weight excluding hydrogens is 495 g/mol. The van der Waals surface area contributed by atoms with E-state index in [0.717, 1.165) is 27.8 Å². The highest BCUT2D eigenvalue weighted by molar-refractivity contribution is 8.18. The van der Waals surface area contributed by atoms with Gasteiger partial charge in [0.2, 0.25) is 5.91 Å². The fourth-order valence-electron chi connectivity index (χ4n) is 3.51. The van der Waals surface area contributed by atoms with Crippen molar-refractivity contribution in [2.24, 2.45) is 0 Å². The van der Waals surface area contributed by atoms with E-state index in [1.165, 1.54) is 12.1 Å². The van der Waals surface area contributed by atoms with Gasteiger partial charge in [-0.05, 0) is 79.2 Å². The van der Waals surface area contributed by atoms with Gasteiger partial charge >= 0.3 is 0 Å². The summed E-state index contributed by atoms with van der Waals surface area (Å²) in [5.41, 5.74) is 3.07.